The molecule has 0 atom stereocenters. The SMILES string of the molecule is CS(=O)(=O)OOB(OOS(C)(=O)=O)OOS(C)(=O)=O. The minimum Gasteiger partial charge on any atom is -0.212 e. The van der Waals surface area contributed by atoms with Crippen molar-refractivity contribution < 1.29 is 52.7 Å². The lowest BCUT2D eigenvalue weighted by atomic mass is 10.3. The van der Waals surface area contributed by atoms with Crippen molar-refractivity contribution in [1.29, 1.82) is 0 Å². The molecule has 0 saturated heterocycles. The molecule has 0 aliphatic carbocycles. The molecule has 0 saturated carbocycles. The van der Waals surface area contributed by atoms with Crippen molar-refractivity contribution in [3.8, 4) is 0 Å². The predicted octanol–water partition coefficient (Wildman–Crippen LogP) is -2.31. The predicted molar refractivity (Wildman–Crippen MR) is 56.8 cm³/mol. The third-order valence-corrected chi connectivity index (χ3v) is 1.70. The molecule has 0 bridgehead atoms. The quantitative estimate of drug-likeness (QED) is 0.250. The lowest BCUT2D eigenvalue weighted by molar-refractivity contribution is -0.257. The molecule has 0 spiro atoms. The van der Waals surface area contributed by atoms with E-state index in [1.165, 1.54) is 0 Å². The highest BCUT2D eigenvalue weighted by Crippen LogP contribution is 2.03. The molecule has 0 N–H and O–H groups in total. The van der Waals surface area contributed by atoms with E-state index >= 15 is 0 Å². The molecular weight excluding hydrogens is 335 g/mol. The second-order valence-electron chi connectivity index (χ2n) is 2.89. The van der Waals surface area contributed by atoms with Crippen molar-refractivity contribution >= 4 is 37.7 Å². The second kappa shape index (κ2) is 6.91. The van der Waals surface area contributed by atoms with Gasteiger partial charge in [0.05, 0.1) is 18.8 Å². The van der Waals surface area contributed by atoms with Crippen LogP contribution in [-0.4, -0.2) is 51.3 Å². The van der Waals surface area contributed by atoms with Crippen LogP contribution in [0.3, 0.4) is 0 Å². The Balaban J connectivity index is 4.55. The van der Waals surface area contributed by atoms with Crippen LogP contribution in [0.15, 0.2) is 0 Å². The minimum absolute atomic E-state index is 0.568. The summed E-state index contributed by atoms with van der Waals surface area (Å²) in [7, 11) is -14.7. The van der Waals surface area contributed by atoms with Gasteiger partial charge in [0.25, 0.3) is 30.4 Å². The van der Waals surface area contributed by atoms with E-state index in [9.17, 15) is 25.3 Å². The highest BCUT2D eigenvalue weighted by molar-refractivity contribution is 7.86. The van der Waals surface area contributed by atoms with E-state index in [0.717, 1.165) is 0 Å². The Kier molecular flexibility index (Phi) is 6.79. The van der Waals surface area contributed by atoms with Gasteiger partial charge in [-0.1, -0.05) is 0 Å². The van der Waals surface area contributed by atoms with Crippen molar-refractivity contribution in [1.82, 2.24) is 0 Å². The van der Waals surface area contributed by atoms with Crippen LogP contribution in [0.2, 0.25) is 0 Å². The standard InChI is InChI=1S/C3H9BO12S3/c1-17(5,6)14-11-4(12-15-18(2,7)8)13-16-19(3,9)10/h1-3H3. The summed E-state index contributed by atoms with van der Waals surface area (Å²) in [5.41, 5.74) is 0. The molecule has 16 heteroatoms. The van der Waals surface area contributed by atoms with Gasteiger partial charge >= 0.3 is 7.32 Å². The summed E-state index contributed by atoms with van der Waals surface area (Å²) < 4.78 is 74.5. The van der Waals surface area contributed by atoms with Gasteiger partial charge in [-0.3, -0.25) is 0 Å². The third kappa shape index (κ3) is 13.9. The first-order chi connectivity index (χ1) is 8.29. The van der Waals surface area contributed by atoms with Crippen LogP contribution < -0.4 is 0 Å². The Labute approximate surface area is 109 Å². The Bertz CT molecular complexity index is 486. The molecule has 114 valence electrons. The Morgan fingerprint density at radius 1 is 0.579 bits per heavy atom. The lowest BCUT2D eigenvalue weighted by Gasteiger charge is -2.08. The van der Waals surface area contributed by atoms with Crippen LogP contribution in [0.25, 0.3) is 0 Å². The fourth-order valence-corrected chi connectivity index (χ4v) is 0.979. The van der Waals surface area contributed by atoms with E-state index in [1.54, 1.807) is 0 Å². The average molecular weight is 344 g/mol. The first-order valence-corrected chi connectivity index (χ1v) is 9.38. The Morgan fingerprint density at radius 2 is 0.789 bits per heavy atom. The van der Waals surface area contributed by atoms with Gasteiger partial charge < -0.3 is 0 Å². The van der Waals surface area contributed by atoms with E-state index in [-0.39, 0.29) is 0 Å². The van der Waals surface area contributed by atoms with Crippen LogP contribution in [0.4, 0.5) is 0 Å². The fourth-order valence-electron chi connectivity index (χ4n) is 0.358. The molecular formula is C3H9BO12S3. The molecule has 0 aromatic heterocycles. The van der Waals surface area contributed by atoms with E-state index in [0.29, 0.717) is 18.8 Å². The lowest BCUT2D eigenvalue weighted by Crippen LogP contribution is -2.30. The average Bonchev–Trinajstić information content (AvgIpc) is 2.11. The molecule has 0 aromatic rings. The zero-order valence-electron chi connectivity index (χ0n) is 9.70. The largest absolute Gasteiger partial charge is 0.728 e. The van der Waals surface area contributed by atoms with Gasteiger partial charge in [-0.15, -0.1) is 13.0 Å². The Hall–Kier alpha value is -0.325. The normalized spacial score (nSPS) is 13.4. The molecule has 12 nitrogen and oxygen atoms in total. The van der Waals surface area contributed by atoms with Gasteiger partial charge in [0, 0.05) is 0 Å². The van der Waals surface area contributed by atoms with Gasteiger partial charge in [-0.05, 0) is 0 Å². The van der Waals surface area contributed by atoms with E-state index in [4.69, 9.17) is 0 Å². The first kappa shape index (κ1) is 18.7. The van der Waals surface area contributed by atoms with Gasteiger partial charge in [0.2, 0.25) is 0 Å². The maximum atomic E-state index is 10.6. The molecule has 0 rings (SSSR count). The number of rotatable bonds is 9. The van der Waals surface area contributed by atoms with Gasteiger partial charge in [-0.2, -0.15) is 25.3 Å². The maximum Gasteiger partial charge on any atom is 0.728 e. The monoisotopic (exact) mass is 344 g/mol. The van der Waals surface area contributed by atoms with Gasteiger partial charge in [0.15, 0.2) is 0 Å². The molecule has 0 aromatic carbocycles. The van der Waals surface area contributed by atoms with Crippen molar-refractivity contribution in [2.24, 2.45) is 0 Å². The Morgan fingerprint density at radius 3 is 0.947 bits per heavy atom. The van der Waals surface area contributed by atoms with Crippen LogP contribution in [0, 0.1) is 0 Å². The van der Waals surface area contributed by atoms with Crippen LogP contribution >= 0.6 is 0 Å². The topological polar surface area (TPSA) is 158 Å². The zero-order valence-corrected chi connectivity index (χ0v) is 12.2. The maximum absolute atomic E-state index is 10.6. The molecule has 0 fully saturated rings. The summed E-state index contributed by atoms with van der Waals surface area (Å²) in [5.74, 6) is 0. The molecule has 0 aliphatic rings. The molecule has 0 amide bonds. The summed E-state index contributed by atoms with van der Waals surface area (Å²) in [4.78, 5) is 11.7. The highest BCUT2D eigenvalue weighted by atomic mass is 32.2. The zero-order chi connectivity index (χ0) is 15.3. The molecule has 0 radical (unpaired) electrons. The summed E-state index contributed by atoms with van der Waals surface area (Å²) in [6, 6.07) is 0. The smallest absolute Gasteiger partial charge is 0.212 e. The molecule has 19 heavy (non-hydrogen) atoms. The van der Waals surface area contributed by atoms with Crippen molar-refractivity contribution in [2.45, 2.75) is 0 Å². The number of hydrogen-bond donors (Lipinski definition) is 0. The van der Waals surface area contributed by atoms with Gasteiger partial charge in [0.1, 0.15) is 0 Å². The van der Waals surface area contributed by atoms with Crippen LogP contribution in [-0.2, 0) is 57.8 Å². The van der Waals surface area contributed by atoms with Crippen molar-refractivity contribution in [3.05, 3.63) is 0 Å². The second-order valence-corrected chi connectivity index (χ2v) is 7.53. The van der Waals surface area contributed by atoms with Gasteiger partial charge in [-0.25, -0.2) is 14.4 Å². The molecule has 0 unspecified atom stereocenters. The fraction of sp³-hybridized carbons (Fsp3) is 1.00. The van der Waals surface area contributed by atoms with Crippen molar-refractivity contribution in [3.63, 3.8) is 0 Å². The summed E-state index contributed by atoms with van der Waals surface area (Å²) in [6.45, 7) is 0. The summed E-state index contributed by atoms with van der Waals surface area (Å²) >= 11 is 0. The third-order valence-electron chi connectivity index (χ3n) is 0.724. The minimum atomic E-state index is -4.12. The van der Waals surface area contributed by atoms with Crippen molar-refractivity contribution in [2.75, 3.05) is 18.8 Å². The molecule has 0 heterocycles. The summed E-state index contributed by atoms with van der Waals surface area (Å²) in [5, 5.41) is 0. The summed E-state index contributed by atoms with van der Waals surface area (Å²) in [6.07, 6.45) is 1.71. The first-order valence-electron chi connectivity index (χ1n) is 3.93. The van der Waals surface area contributed by atoms with E-state index in [2.05, 4.69) is 27.4 Å². The van der Waals surface area contributed by atoms with Crippen LogP contribution in [0.5, 0.6) is 0 Å². The number of hydrogen-bond acceptors (Lipinski definition) is 12. The van der Waals surface area contributed by atoms with E-state index in [1.807, 2.05) is 0 Å². The van der Waals surface area contributed by atoms with E-state index < -0.39 is 37.7 Å². The molecule has 0 aliphatic heterocycles. The van der Waals surface area contributed by atoms with Crippen LogP contribution in [0.1, 0.15) is 0 Å². The highest BCUT2D eigenvalue weighted by Gasteiger charge is 2.32.